The largest absolute Gasteiger partial charge is 0.335 e. The minimum Gasteiger partial charge on any atom is -0.335 e. The molecule has 2 aromatic rings. The Morgan fingerprint density at radius 1 is 1.33 bits per heavy atom. The molecule has 1 amide bonds. The van der Waals surface area contributed by atoms with Crippen molar-refractivity contribution in [3.05, 3.63) is 30.2 Å². The normalized spacial score (nSPS) is 17.0. The first-order chi connectivity index (χ1) is 11.5. The first-order valence-electron chi connectivity index (χ1n) is 8.39. The van der Waals surface area contributed by atoms with Gasteiger partial charge in [-0.05, 0) is 26.3 Å². The summed E-state index contributed by atoms with van der Waals surface area (Å²) >= 11 is 0. The summed E-state index contributed by atoms with van der Waals surface area (Å²) in [5.41, 5.74) is 1.33. The molecule has 0 radical (unpaired) electrons. The lowest BCUT2D eigenvalue weighted by Crippen LogP contribution is -2.58. The van der Waals surface area contributed by atoms with Gasteiger partial charge in [0, 0.05) is 50.3 Å². The topological polar surface area (TPSA) is 75.9 Å². The number of nitrogens with one attached hydrogen (secondary N) is 1. The number of hydrogen-bond donors (Lipinski definition) is 1. The summed E-state index contributed by atoms with van der Waals surface area (Å²) in [6, 6.07) is 1.89. The molecular formula is C17H24N6O. The molecule has 3 rings (SSSR count). The number of nitrogens with zero attached hydrogens (tertiary/aromatic N) is 5. The van der Waals surface area contributed by atoms with E-state index in [0.717, 1.165) is 25.2 Å². The molecule has 1 fully saturated rings. The summed E-state index contributed by atoms with van der Waals surface area (Å²) in [7, 11) is 0. The van der Waals surface area contributed by atoms with E-state index in [-0.39, 0.29) is 11.4 Å². The number of aromatic nitrogens is 4. The fourth-order valence-corrected chi connectivity index (χ4v) is 2.98. The van der Waals surface area contributed by atoms with Gasteiger partial charge < -0.3 is 10.2 Å². The van der Waals surface area contributed by atoms with E-state index in [1.807, 2.05) is 15.6 Å². The van der Waals surface area contributed by atoms with E-state index < -0.39 is 0 Å². The molecule has 7 nitrogen and oxygen atoms in total. The highest BCUT2D eigenvalue weighted by atomic mass is 16.2. The van der Waals surface area contributed by atoms with Crippen molar-refractivity contribution in [3.63, 3.8) is 0 Å². The summed E-state index contributed by atoms with van der Waals surface area (Å²) in [5, 5.41) is 7.69. The lowest BCUT2D eigenvalue weighted by molar-refractivity contribution is 0.0651. The molecule has 0 unspecified atom stereocenters. The Bertz CT molecular complexity index is 706. The molecule has 0 aromatic carbocycles. The summed E-state index contributed by atoms with van der Waals surface area (Å²) in [4.78, 5) is 23.3. The van der Waals surface area contributed by atoms with Crippen LogP contribution in [-0.4, -0.2) is 55.7 Å². The molecule has 3 heterocycles. The molecule has 0 atom stereocenters. The van der Waals surface area contributed by atoms with Crippen LogP contribution in [0.2, 0.25) is 0 Å². The minimum atomic E-state index is -0.0681. The molecule has 0 aliphatic carbocycles. The van der Waals surface area contributed by atoms with E-state index in [4.69, 9.17) is 0 Å². The van der Waals surface area contributed by atoms with Gasteiger partial charge in [-0.1, -0.05) is 6.92 Å². The van der Waals surface area contributed by atoms with Crippen LogP contribution in [0.5, 0.6) is 0 Å². The minimum absolute atomic E-state index is 0.0156. The Morgan fingerprint density at radius 3 is 2.75 bits per heavy atom. The predicted molar refractivity (Wildman–Crippen MR) is 91.5 cm³/mol. The van der Waals surface area contributed by atoms with E-state index in [1.54, 1.807) is 18.6 Å². The van der Waals surface area contributed by atoms with Crippen LogP contribution >= 0.6 is 0 Å². The summed E-state index contributed by atoms with van der Waals surface area (Å²) < 4.78 is 1.88. The fraction of sp³-hybridized carbons (Fsp3) is 0.529. The molecule has 1 aliphatic heterocycles. The van der Waals surface area contributed by atoms with Gasteiger partial charge in [0.2, 0.25) is 0 Å². The Balaban J connectivity index is 1.77. The first kappa shape index (κ1) is 16.6. The second kappa shape index (κ2) is 6.68. The van der Waals surface area contributed by atoms with Crippen molar-refractivity contribution < 1.29 is 4.79 Å². The van der Waals surface area contributed by atoms with Crippen LogP contribution in [0.1, 0.15) is 37.6 Å². The van der Waals surface area contributed by atoms with Crippen molar-refractivity contribution in [2.75, 3.05) is 19.6 Å². The van der Waals surface area contributed by atoms with E-state index >= 15 is 0 Å². The van der Waals surface area contributed by atoms with Crippen molar-refractivity contribution in [1.82, 2.24) is 30.0 Å². The lowest BCUT2D eigenvalue weighted by atomic mass is 10.0. The van der Waals surface area contributed by atoms with E-state index in [2.05, 4.69) is 41.2 Å². The van der Waals surface area contributed by atoms with Crippen LogP contribution in [0.25, 0.3) is 11.5 Å². The second-order valence-corrected chi connectivity index (χ2v) is 6.77. The molecule has 2 aromatic heterocycles. The van der Waals surface area contributed by atoms with Crippen LogP contribution in [0.4, 0.5) is 0 Å². The third-order valence-corrected chi connectivity index (χ3v) is 4.14. The highest BCUT2D eigenvalue weighted by Gasteiger charge is 2.29. The first-order valence-corrected chi connectivity index (χ1v) is 8.39. The molecule has 128 valence electrons. The molecule has 0 spiro atoms. The van der Waals surface area contributed by atoms with Gasteiger partial charge in [0.15, 0.2) is 5.82 Å². The Hall–Kier alpha value is -2.28. The number of hydrogen-bond acceptors (Lipinski definition) is 5. The zero-order valence-corrected chi connectivity index (χ0v) is 14.5. The van der Waals surface area contributed by atoms with Crippen molar-refractivity contribution in [2.24, 2.45) is 0 Å². The average Bonchev–Trinajstić information content (AvgIpc) is 3.02. The quantitative estimate of drug-likeness (QED) is 0.922. The summed E-state index contributed by atoms with van der Waals surface area (Å²) in [6.07, 6.45) is 5.96. The van der Waals surface area contributed by atoms with Gasteiger partial charge in [0.1, 0.15) is 5.69 Å². The lowest BCUT2D eigenvalue weighted by Gasteiger charge is -2.39. The zero-order chi connectivity index (χ0) is 17.2. The molecule has 7 heteroatoms. The number of aryl methyl sites for hydroxylation is 1. The molecule has 0 saturated carbocycles. The maximum atomic E-state index is 12.7. The average molecular weight is 328 g/mol. The highest BCUT2D eigenvalue weighted by molar-refractivity contribution is 5.93. The Kier molecular flexibility index (Phi) is 4.62. The van der Waals surface area contributed by atoms with Gasteiger partial charge in [-0.3, -0.25) is 9.48 Å². The van der Waals surface area contributed by atoms with Crippen LogP contribution < -0.4 is 5.32 Å². The highest BCUT2D eigenvalue weighted by Crippen LogP contribution is 2.16. The Morgan fingerprint density at radius 2 is 2.08 bits per heavy atom. The van der Waals surface area contributed by atoms with Gasteiger partial charge in [-0.25, -0.2) is 9.97 Å². The third-order valence-electron chi connectivity index (χ3n) is 4.14. The van der Waals surface area contributed by atoms with Crippen LogP contribution in [-0.2, 0) is 6.54 Å². The van der Waals surface area contributed by atoms with Gasteiger partial charge >= 0.3 is 0 Å². The maximum Gasteiger partial charge on any atom is 0.257 e. The number of carbonyl (C=O) groups is 1. The summed E-state index contributed by atoms with van der Waals surface area (Å²) in [6.45, 7) is 9.30. The number of amides is 1. The number of carbonyl (C=O) groups excluding carboxylic acids is 1. The third kappa shape index (κ3) is 3.46. The van der Waals surface area contributed by atoms with Crippen molar-refractivity contribution in [3.8, 4) is 11.5 Å². The predicted octanol–water partition coefficient (Wildman–Crippen LogP) is 1.57. The standard InChI is InChI=1S/C17H24N6O/c1-4-8-23-14(5-6-21-23)15-18-10-13(11-19-15)16(24)22-9-7-20-17(2,3)12-22/h5-6,10-11,20H,4,7-9,12H2,1-3H3. The summed E-state index contributed by atoms with van der Waals surface area (Å²) in [5.74, 6) is 0.580. The van der Waals surface area contributed by atoms with Crippen LogP contribution in [0.3, 0.4) is 0 Å². The smallest absolute Gasteiger partial charge is 0.257 e. The molecule has 24 heavy (non-hydrogen) atoms. The van der Waals surface area contributed by atoms with Gasteiger partial charge in [0.05, 0.1) is 5.56 Å². The maximum absolute atomic E-state index is 12.7. The molecule has 1 saturated heterocycles. The molecular weight excluding hydrogens is 304 g/mol. The second-order valence-electron chi connectivity index (χ2n) is 6.77. The monoisotopic (exact) mass is 328 g/mol. The molecule has 1 aliphatic rings. The van der Waals surface area contributed by atoms with Crippen LogP contribution in [0.15, 0.2) is 24.7 Å². The van der Waals surface area contributed by atoms with Crippen LogP contribution in [0, 0.1) is 0 Å². The Labute approximate surface area is 142 Å². The molecule has 0 bridgehead atoms. The van der Waals surface area contributed by atoms with Gasteiger partial charge in [-0.15, -0.1) is 0 Å². The molecule has 1 N–H and O–H groups in total. The number of piperazine rings is 1. The van der Waals surface area contributed by atoms with E-state index in [9.17, 15) is 4.79 Å². The van der Waals surface area contributed by atoms with Crippen molar-refractivity contribution >= 4 is 5.91 Å². The van der Waals surface area contributed by atoms with Gasteiger partial charge in [0.25, 0.3) is 5.91 Å². The SMILES string of the molecule is CCCn1nccc1-c1ncc(C(=O)N2CCNC(C)(C)C2)cn1. The van der Waals surface area contributed by atoms with Crippen molar-refractivity contribution in [2.45, 2.75) is 39.3 Å². The van der Waals surface area contributed by atoms with E-state index in [0.29, 0.717) is 24.5 Å². The van der Waals surface area contributed by atoms with Crippen molar-refractivity contribution in [1.29, 1.82) is 0 Å². The fourth-order valence-electron chi connectivity index (χ4n) is 2.98. The zero-order valence-electron chi connectivity index (χ0n) is 14.5. The van der Waals surface area contributed by atoms with E-state index in [1.165, 1.54) is 0 Å². The van der Waals surface area contributed by atoms with Gasteiger partial charge in [-0.2, -0.15) is 5.10 Å². The number of rotatable bonds is 4.